The summed E-state index contributed by atoms with van der Waals surface area (Å²) in [5.41, 5.74) is 1.61. The molecule has 0 aliphatic heterocycles. The van der Waals surface area contributed by atoms with E-state index in [2.05, 4.69) is 5.32 Å². The molecule has 0 atom stereocenters. The molecule has 0 saturated carbocycles. The van der Waals surface area contributed by atoms with Gasteiger partial charge in [-0.25, -0.2) is 0 Å². The molecule has 0 aliphatic rings. The molecular formula is C15H14ClNOS. The maximum atomic E-state index is 11.9. The van der Waals surface area contributed by atoms with E-state index in [1.165, 1.54) is 4.90 Å². The Bertz CT molecular complexity index is 551. The van der Waals surface area contributed by atoms with Gasteiger partial charge in [0.25, 0.3) is 0 Å². The van der Waals surface area contributed by atoms with E-state index < -0.39 is 0 Å². The van der Waals surface area contributed by atoms with Crippen molar-refractivity contribution in [3.8, 4) is 0 Å². The second-order valence-corrected chi connectivity index (χ2v) is 5.33. The van der Waals surface area contributed by atoms with Gasteiger partial charge in [-0.15, -0.1) is 11.8 Å². The third-order valence-electron chi connectivity index (χ3n) is 2.71. The van der Waals surface area contributed by atoms with E-state index in [1.54, 1.807) is 36.0 Å². The van der Waals surface area contributed by atoms with E-state index in [-0.39, 0.29) is 12.3 Å². The number of carbonyl (C=O) groups excluding carboxylic acids is 1. The lowest BCUT2D eigenvalue weighted by Crippen LogP contribution is -2.13. The molecular weight excluding hydrogens is 278 g/mol. The fraction of sp³-hybridized carbons (Fsp3) is 0.133. The Hall–Kier alpha value is -1.45. The number of hydrogen-bond donors (Lipinski definition) is 1. The summed E-state index contributed by atoms with van der Waals surface area (Å²) in [6.45, 7) is 0.278. The number of halogens is 1. The van der Waals surface area contributed by atoms with Gasteiger partial charge in [-0.2, -0.15) is 0 Å². The quantitative estimate of drug-likeness (QED) is 0.656. The molecule has 0 unspecified atom stereocenters. The lowest BCUT2D eigenvalue weighted by atomic mass is 10.1. The van der Waals surface area contributed by atoms with Crippen LogP contribution in [0.2, 0.25) is 5.02 Å². The molecule has 2 aromatic rings. The van der Waals surface area contributed by atoms with Crippen LogP contribution < -0.4 is 5.32 Å². The van der Waals surface area contributed by atoms with Crippen LogP contribution in [0.4, 0.5) is 5.69 Å². The van der Waals surface area contributed by atoms with Crippen LogP contribution in [0.5, 0.6) is 0 Å². The van der Waals surface area contributed by atoms with Crippen molar-refractivity contribution in [1.82, 2.24) is 0 Å². The van der Waals surface area contributed by atoms with E-state index in [0.29, 0.717) is 10.6 Å². The summed E-state index contributed by atoms with van der Waals surface area (Å²) in [7, 11) is 0. The van der Waals surface area contributed by atoms with Gasteiger partial charge in [-0.05, 0) is 54.8 Å². The fourth-order valence-electron chi connectivity index (χ4n) is 1.63. The first-order valence-corrected chi connectivity index (χ1v) is 7.46. The average Bonchev–Trinajstić information content (AvgIpc) is 2.46. The summed E-state index contributed by atoms with van der Waals surface area (Å²) in [5, 5.41) is 3.75. The topological polar surface area (TPSA) is 29.1 Å². The van der Waals surface area contributed by atoms with Crippen molar-refractivity contribution < 1.29 is 4.79 Å². The van der Waals surface area contributed by atoms with E-state index in [1.807, 2.05) is 30.5 Å². The molecule has 0 saturated heterocycles. The molecule has 2 rings (SSSR count). The molecule has 2 aromatic carbocycles. The Morgan fingerprint density at radius 2 is 1.74 bits per heavy atom. The van der Waals surface area contributed by atoms with Gasteiger partial charge in [-0.3, -0.25) is 4.79 Å². The number of thioether (sulfide) groups is 1. The van der Waals surface area contributed by atoms with Gasteiger partial charge in [0.2, 0.25) is 0 Å². The summed E-state index contributed by atoms with van der Waals surface area (Å²) < 4.78 is 0. The third-order valence-corrected chi connectivity index (χ3v) is 3.70. The Morgan fingerprint density at radius 3 is 2.32 bits per heavy atom. The lowest BCUT2D eigenvalue weighted by Gasteiger charge is -2.06. The van der Waals surface area contributed by atoms with Gasteiger partial charge >= 0.3 is 0 Å². The first-order valence-electron chi connectivity index (χ1n) is 5.86. The minimum absolute atomic E-state index is 0.0469. The number of Topliss-reactive ketones (excluding diaryl/α,β-unsaturated/α-hetero) is 1. The average molecular weight is 292 g/mol. The number of anilines is 1. The molecule has 2 nitrogen and oxygen atoms in total. The Labute approximate surface area is 122 Å². The summed E-state index contributed by atoms with van der Waals surface area (Å²) >= 11 is 7.48. The van der Waals surface area contributed by atoms with E-state index in [4.69, 9.17) is 11.6 Å². The highest BCUT2D eigenvalue weighted by atomic mass is 35.5. The highest BCUT2D eigenvalue weighted by Crippen LogP contribution is 2.17. The molecule has 19 heavy (non-hydrogen) atoms. The van der Waals surface area contributed by atoms with Crippen molar-refractivity contribution in [2.24, 2.45) is 0 Å². The molecule has 0 aromatic heterocycles. The first kappa shape index (κ1) is 14.0. The normalized spacial score (nSPS) is 10.2. The summed E-state index contributed by atoms with van der Waals surface area (Å²) in [5.74, 6) is 0.0469. The van der Waals surface area contributed by atoms with Crippen molar-refractivity contribution in [3.63, 3.8) is 0 Å². The van der Waals surface area contributed by atoms with E-state index in [0.717, 1.165) is 5.69 Å². The van der Waals surface area contributed by atoms with Crippen LogP contribution in [0, 0.1) is 0 Å². The summed E-state index contributed by atoms with van der Waals surface area (Å²) in [6, 6.07) is 14.9. The zero-order chi connectivity index (χ0) is 13.7. The number of rotatable bonds is 5. The molecule has 0 bridgehead atoms. The summed E-state index contributed by atoms with van der Waals surface area (Å²) in [6.07, 6.45) is 2.03. The number of carbonyl (C=O) groups is 1. The lowest BCUT2D eigenvalue weighted by molar-refractivity contribution is 0.101. The van der Waals surface area contributed by atoms with Crippen LogP contribution in [0.1, 0.15) is 10.4 Å². The van der Waals surface area contributed by atoms with Gasteiger partial charge in [0, 0.05) is 21.2 Å². The minimum atomic E-state index is 0.0469. The third kappa shape index (κ3) is 4.01. The van der Waals surface area contributed by atoms with Crippen LogP contribution in [0.25, 0.3) is 0 Å². The highest BCUT2D eigenvalue weighted by molar-refractivity contribution is 7.98. The van der Waals surface area contributed by atoms with Crippen molar-refractivity contribution in [2.45, 2.75) is 4.90 Å². The van der Waals surface area contributed by atoms with Crippen LogP contribution >= 0.6 is 23.4 Å². The van der Waals surface area contributed by atoms with E-state index in [9.17, 15) is 4.79 Å². The molecule has 0 spiro atoms. The van der Waals surface area contributed by atoms with Gasteiger partial charge in [-0.1, -0.05) is 11.6 Å². The standard InChI is InChI=1S/C15H14ClNOS/c1-19-14-8-6-13(7-9-14)17-10-15(18)11-2-4-12(16)5-3-11/h2-9,17H,10H2,1H3. The van der Waals surface area contributed by atoms with Crippen LogP contribution in [0.15, 0.2) is 53.4 Å². The molecule has 0 aliphatic carbocycles. The zero-order valence-corrected chi connectivity index (χ0v) is 12.1. The van der Waals surface area contributed by atoms with Crippen molar-refractivity contribution in [2.75, 3.05) is 18.1 Å². The Balaban J connectivity index is 1.94. The monoisotopic (exact) mass is 291 g/mol. The molecule has 0 amide bonds. The molecule has 4 heteroatoms. The largest absolute Gasteiger partial charge is 0.378 e. The molecule has 0 heterocycles. The van der Waals surface area contributed by atoms with Gasteiger partial charge < -0.3 is 5.32 Å². The molecule has 98 valence electrons. The number of ketones is 1. The van der Waals surface area contributed by atoms with Crippen LogP contribution in [-0.4, -0.2) is 18.6 Å². The van der Waals surface area contributed by atoms with Crippen LogP contribution in [-0.2, 0) is 0 Å². The van der Waals surface area contributed by atoms with Crippen molar-refractivity contribution >= 4 is 34.8 Å². The first-order chi connectivity index (χ1) is 9.19. The molecule has 0 radical (unpaired) electrons. The van der Waals surface area contributed by atoms with E-state index >= 15 is 0 Å². The second kappa shape index (κ2) is 6.64. The maximum Gasteiger partial charge on any atom is 0.181 e. The minimum Gasteiger partial charge on any atom is -0.378 e. The number of hydrogen-bond acceptors (Lipinski definition) is 3. The Morgan fingerprint density at radius 1 is 1.11 bits per heavy atom. The van der Waals surface area contributed by atoms with Crippen molar-refractivity contribution in [1.29, 1.82) is 0 Å². The SMILES string of the molecule is CSc1ccc(NCC(=O)c2ccc(Cl)cc2)cc1. The maximum absolute atomic E-state index is 11.9. The van der Waals surface area contributed by atoms with Crippen molar-refractivity contribution in [3.05, 3.63) is 59.1 Å². The second-order valence-electron chi connectivity index (χ2n) is 4.01. The predicted octanol–water partition coefficient (Wildman–Crippen LogP) is 4.36. The van der Waals surface area contributed by atoms with Gasteiger partial charge in [0.15, 0.2) is 5.78 Å². The smallest absolute Gasteiger partial charge is 0.181 e. The van der Waals surface area contributed by atoms with Crippen LogP contribution in [0.3, 0.4) is 0 Å². The predicted molar refractivity (Wildman–Crippen MR) is 82.5 cm³/mol. The molecule has 0 fully saturated rings. The highest BCUT2D eigenvalue weighted by Gasteiger charge is 2.05. The molecule has 1 N–H and O–H groups in total. The Kier molecular flexibility index (Phi) is 4.88. The number of nitrogens with one attached hydrogen (secondary N) is 1. The van der Waals surface area contributed by atoms with Gasteiger partial charge in [0.05, 0.1) is 6.54 Å². The fourth-order valence-corrected chi connectivity index (χ4v) is 2.16. The zero-order valence-electron chi connectivity index (χ0n) is 10.5. The number of benzene rings is 2. The summed E-state index contributed by atoms with van der Waals surface area (Å²) in [4.78, 5) is 13.1. The van der Waals surface area contributed by atoms with Gasteiger partial charge in [0.1, 0.15) is 0 Å².